The van der Waals surface area contributed by atoms with Crippen molar-refractivity contribution in [3.63, 3.8) is 0 Å². The monoisotopic (exact) mass is 806 g/mol. The summed E-state index contributed by atoms with van der Waals surface area (Å²) in [7, 11) is 0. The number of aliphatic hydroxyl groups excluding tert-OH is 2. The molecule has 0 heterocycles. The van der Waals surface area contributed by atoms with Crippen LogP contribution in [-0.4, -0.2) is 46.9 Å². The van der Waals surface area contributed by atoms with Crippen LogP contribution >= 0.6 is 0 Å². The normalized spacial score (nSPS) is 13.3. The predicted molar refractivity (Wildman–Crippen MR) is 246 cm³/mol. The molecule has 0 bridgehead atoms. The zero-order valence-corrected chi connectivity index (χ0v) is 38.5. The minimum absolute atomic E-state index is 0.0808. The molecular weight excluding hydrogens is 707 g/mol. The lowest BCUT2D eigenvalue weighted by atomic mass is 10.0. The van der Waals surface area contributed by atoms with E-state index in [1.54, 1.807) is 0 Å². The van der Waals surface area contributed by atoms with Crippen molar-refractivity contribution in [2.75, 3.05) is 6.61 Å². The smallest absolute Gasteiger partial charge is 0.306 e. The second-order valence-electron chi connectivity index (χ2n) is 17.6. The first-order chi connectivity index (χ1) is 28.0. The van der Waals surface area contributed by atoms with Gasteiger partial charge in [-0.05, 0) is 51.4 Å². The highest BCUT2D eigenvalue weighted by molar-refractivity contribution is 5.77. The Hall–Kier alpha value is -1.40. The third-order valence-corrected chi connectivity index (χ3v) is 11.8. The highest BCUT2D eigenvalue weighted by atomic mass is 16.5. The molecule has 3 N–H and O–H groups in total. The number of esters is 1. The topological polar surface area (TPSA) is 95.9 Å². The number of rotatable bonds is 46. The van der Waals surface area contributed by atoms with Crippen LogP contribution in [0, 0.1) is 0 Å². The molecule has 3 unspecified atom stereocenters. The molecular formula is C51H99NO5. The maximum atomic E-state index is 13.2. The molecule has 0 aliphatic heterocycles. The molecule has 57 heavy (non-hydrogen) atoms. The van der Waals surface area contributed by atoms with Crippen LogP contribution in [-0.2, 0) is 14.3 Å². The van der Waals surface area contributed by atoms with Gasteiger partial charge in [0.2, 0.25) is 5.91 Å². The Morgan fingerprint density at radius 3 is 1.25 bits per heavy atom. The molecule has 3 atom stereocenters. The van der Waals surface area contributed by atoms with Crippen molar-refractivity contribution in [3.8, 4) is 0 Å². The number of hydrogen-bond donors (Lipinski definition) is 3. The van der Waals surface area contributed by atoms with E-state index in [1.807, 2.05) is 0 Å². The molecule has 0 aliphatic carbocycles. The van der Waals surface area contributed by atoms with Gasteiger partial charge in [-0.2, -0.15) is 0 Å². The van der Waals surface area contributed by atoms with Gasteiger partial charge in [0.1, 0.15) is 6.10 Å². The van der Waals surface area contributed by atoms with Crippen molar-refractivity contribution in [1.29, 1.82) is 0 Å². The first-order valence-corrected chi connectivity index (χ1v) is 25.4. The Morgan fingerprint density at radius 1 is 0.491 bits per heavy atom. The Balaban J connectivity index is 4.48. The first kappa shape index (κ1) is 55.6. The Morgan fingerprint density at radius 2 is 0.842 bits per heavy atom. The van der Waals surface area contributed by atoms with Crippen molar-refractivity contribution in [2.24, 2.45) is 0 Å². The summed E-state index contributed by atoms with van der Waals surface area (Å²) in [5.74, 6) is -0.469. The van der Waals surface area contributed by atoms with Crippen LogP contribution in [0.15, 0.2) is 12.2 Å². The molecule has 0 fully saturated rings. The van der Waals surface area contributed by atoms with Crippen LogP contribution in [0.3, 0.4) is 0 Å². The summed E-state index contributed by atoms with van der Waals surface area (Å²) in [6, 6.07) is -0.695. The molecule has 0 aromatic rings. The van der Waals surface area contributed by atoms with Gasteiger partial charge in [0.15, 0.2) is 0 Å². The van der Waals surface area contributed by atoms with Gasteiger partial charge < -0.3 is 20.3 Å². The minimum atomic E-state index is -0.782. The molecule has 6 heteroatoms. The molecule has 0 radical (unpaired) electrons. The number of nitrogens with one attached hydrogen (secondary N) is 1. The van der Waals surface area contributed by atoms with Crippen molar-refractivity contribution in [2.45, 2.75) is 296 Å². The lowest BCUT2D eigenvalue weighted by Crippen LogP contribution is -2.46. The number of unbranched alkanes of at least 4 members (excludes halogenated alkanes) is 32. The van der Waals surface area contributed by atoms with E-state index in [0.29, 0.717) is 19.3 Å². The van der Waals surface area contributed by atoms with Crippen LogP contribution in [0.1, 0.15) is 278 Å². The SMILES string of the molecule is CCCCCCCCC/C=C/CCCCCCCC(=O)OC(CCCCCCCCCCCC)CC(=O)NC(CO)C(O)CCCCCCCCCCCCCC. The number of aliphatic hydroxyl groups is 2. The van der Waals surface area contributed by atoms with E-state index < -0.39 is 18.2 Å². The highest BCUT2D eigenvalue weighted by Gasteiger charge is 2.24. The summed E-state index contributed by atoms with van der Waals surface area (Å²) >= 11 is 0. The van der Waals surface area contributed by atoms with Crippen molar-refractivity contribution in [1.82, 2.24) is 5.32 Å². The highest BCUT2D eigenvalue weighted by Crippen LogP contribution is 2.18. The maximum absolute atomic E-state index is 13.2. The van der Waals surface area contributed by atoms with Crippen LogP contribution in [0.5, 0.6) is 0 Å². The van der Waals surface area contributed by atoms with Crippen LogP contribution in [0.25, 0.3) is 0 Å². The molecule has 0 saturated carbocycles. The van der Waals surface area contributed by atoms with Gasteiger partial charge >= 0.3 is 5.97 Å². The summed E-state index contributed by atoms with van der Waals surface area (Å²) in [5.41, 5.74) is 0. The Kier molecular flexibility index (Phi) is 44.6. The average molecular weight is 806 g/mol. The molecule has 0 aliphatic rings. The van der Waals surface area contributed by atoms with Crippen LogP contribution in [0.2, 0.25) is 0 Å². The zero-order chi connectivity index (χ0) is 41.7. The number of ether oxygens (including phenoxy) is 1. The molecule has 0 spiro atoms. The van der Waals surface area contributed by atoms with Gasteiger partial charge in [-0.3, -0.25) is 9.59 Å². The predicted octanol–water partition coefficient (Wildman–Crippen LogP) is 15.0. The second kappa shape index (κ2) is 45.7. The number of amides is 1. The molecule has 0 saturated heterocycles. The van der Waals surface area contributed by atoms with E-state index in [1.165, 1.54) is 180 Å². The summed E-state index contributed by atoms with van der Waals surface area (Å²) in [6.07, 6.45) is 49.8. The van der Waals surface area contributed by atoms with E-state index in [2.05, 4.69) is 38.2 Å². The fourth-order valence-corrected chi connectivity index (χ4v) is 7.96. The largest absolute Gasteiger partial charge is 0.462 e. The summed E-state index contributed by atoms with van der Waals surface area (Å²) in [4.78, 5) is 26.1. The van der Waals surface area contributed by atoms with E-state index in [9.17, 15) is 19.8 Å². The Labute approximate surface area is 355 Å². The van der Waals surface area contributed by atoms with Crippen LogP contribution < -0.4 is 5.32 Å². The lowest BCUT2D eigenvalue weighted by Gasteiger charge is -2.24. The van der Waals surface area contributed by atoms with Gasteiger partial charge in [0, 0.05) is 6.42 Å². The summed E-state index contributed by atoms with van der Waals surface area (Å²) in [6.45, 7) is 6.48. The van der Waals surface area contributed by atoms with Gasteiger partial charge in [0.05, 0.1) is 25.2 Å². The lowest BCUT2D eigenvalue weighted by molar-refractivity contribution is -0.151. The van der Waals surface area contributed by atoms with E-state index in [-0.39, 0.29) is 24.9 Å². The van der Waals surface area contributed by atoms with Crippen LogP contribution in [0.4, 0.5) is 0 Å². The molecule has 0 aromatic carbocycles. The Bertz CT molecular complexity index is 863. The van der Waals surface area contributed by atoms with E-state index in [4.69, 9.17) is 4.74 Å². The van der Waals surface area contributed by atoms with Crippen molar-refractivity contribution >= 4 is 11.9 Å². The number of allylic oxidation sites excluding steroid dienone is 2. The number of carbonyl (C=O) groups is 2. The second-order valence-corrected chi connectivity index (χ2v) is 17.6. The quantitative estimate of drug-likeness (QED) is 0.0323. The molecule has 0 aromatic heterocycles. The molecule has 6 nitrogen and oxygen atoms in total. The molecule has 338 valence electrons. The van der Waals surface area contributed by atoms with Gasteiger partial charge in [-0.1, -0.05) is 226 Å². The van der Waals surface area contributed by atoms with Gasteiger partial charge in [-0.25, -0.2) is 0 Å². The van der Waals surface area contributed by atoms with Crippen molar-refractivity contribution < 1.29 is 24.5 Å². The summed E-state index contributed by atoms with van der Waals surface area (Å²) < 4.78 is 5.92. The van der Waals surface area contributed by atoms with Gasteiger partial charge in [0.25, 0.3) is 0 Å². The first-order valence-electron chi connectivity index (χ1n) is 25.4. The molecule has 0 rings (SSSR count). The maximum Gasteiger partial charge on any atom is 0.306 e. The molecule has 1 amide bonds. The van der Waals surface area contributed by atoms with E-state index >= 15 is 0 Å². The van der Waals surface area contributed by atoms with Crippen molar-refractivity contribution in [3.05, 3.63) is 12.2 Å². The van der Waals surface area contributed by atoms with Gasteiger partial charge in [-0.15, -0.1) is 0 Å². The fourth-order valence-electron chi connectivity index (χ4n) is 7.96. The number of hydrogen-bond acceptors (Lipinski definition) is 5. The summed E-state index contributed by atoms with van der Waals surface area (Å²) in [5, 5.41) is 23.7. The third-order valence-electron chi connectivity index (χ3n) is 11.8. The third kappa shape index (κ3) is 41.1. The standard InChI is InChI=1S/C51H99NO5/c1-4-7-10-13-16-19-22-24-25-26-27-29-32-35-38-41-44-51(56)57-47(42-39-36-33-30-21-18-15-12-9-6-3)45-50(55)52-48(46-53)49(54)43-40-37-34-31-28-23-20-17-14-11-8-5-2/h25-26,47-49,53-54H,4-24,27-46H2,1-3H3,(H,52,55)/b26-25+. The van der Waals surface area contributed by atoms with E-state index in [0.717, 1.165) is 51.4 Å². The zero-order valence-electron chi connectivity index (χ0n) is 38.5. The fraction of sp³-hybridized carbons (Fsp3) is 0.922. The minimum Gasteiger partial charge on any atom is -0.462 e. The number of carbonyl (C=O) groups excluding carboxylic acids is 2. The average Bonchev–Trinajstić information content (AvgIpc) is 3.20.